The lowest BCUT2D eigenvalue weighted by Gasteiger charge is -2.28. The van der Waals surface area contributed by atoms with Crippen LogP contribution < -0.4 is 11.1 Å². The molecule has 1 aromatic heterocycles. The lowest BCUT2D eigenvalue weighted by Crippen LogP contribution is -2.39. The highest BCUT2D eigenvalue weighted by atomic mass is 35.5. The first kappa shape index (κ1) is 14.1. The molecule has 1 fully saturated rings. The molecule has 1 heterocycles. The maximum Gasteiger partial charge on any atom is 0.253 e. The molecule has 1 aliphatic carbocycles. The molecule has 5 heteroatoms. The molecule has 0 radical (unpaired) electrons. The van der Waals surface area contributed by atoms with E-state index in [9.17, 15) is 4.79 Å². The van der Waals surface area contributed by atoms with Crippen LogP contribution in [0.1, 0.15) is 49.4 Å². The van der Waals surface area contributed by atoms with E-state index in [2.05, 4.69) is 17.2 Å². The Hall–Kier alpha value is -1.29. The molecule has 104 valence electrons. The minimum Gasteiger partial charge on any atom is -0.397 e. The number of nitrogens with two attached hydrogens (primary N) is 1. The van der Waals surface area contributed by atoms with Crippen LogP contribution in [-0.4, -0.2) is 16.9 Å². The Balaban J connectivity index is 2.01. The van der Waals surface area contributed by atoms with Gasteiger partial charge < -0.3 is 11.1 Å². The van der Waals surface area contributed by atoms with Gasteiger partial charge in [-0.15, -0.1) is 0 Å². The Kier molecular flexibility index (Phi) is 4.64. The summed E-state index contributed by atoms with van der Waals surface area (Å²) in [5, 5.41) is 3.31. The van der Waals surface area contributed by atoms with Crippen molar-refractivity contribution in [2.75, 3.05) is 5.73 Å². The number of amides is 1. The summed E-state index contributed by atoms with van der Waals surface area (Å²) in [7, 11) is 0. The Bertz CT molecular complexity index is 458. The standard InChI is InChI=1S/C14H20ClN3O/c1-9(10-5-3-2-4-6-10)18-14(19)11-7-13(15)17-8-12(11)16/h7-10H,2-6,16H2,1H3,(H,18,19). The summed E-state index contributed by atoms with van der Waals surface area (Å²) in [6.45, 7) is 2.06. The first-order valence-corrected chi connectivity index (χ1v) is 7.17. The van der Waals surface area contributed by atoms with E-state index in [1.165, 1.54) is 44.4 Å². The van der Waals surface area contributed by atoms with Gasteiger partial charge in [0.25, 0.3) is 5.91 Å². The number of nitrogens with one attached hydrogen (secondary N) is 1. The predicted molar refractivity (Wildman–Crippen MR) is 77.2 cm³/mol. The molecule has 0 spiro atoms. The highest BCUT2D eigenvalue weighted by Gasteiger charge is 2.22. The number of nitrogens with zero attached hydrogens (tertiary/aromatic N) is 1. The molecular weight excluding hydrogens is 262 g/mol. The van der Waals surface area contributed by atoms with Gasteiger partial charge in [0.15, 0.2) is 0 Å². The van der Waals surface area contributed by atoms with Crippen molar-refractivity contribution in [3.63, 3.8) is 0 Å². The van der Waals surface area contributed by atoms with Gasteiger partial charge in [-0.1, -0.05) is 30.9 Å². The lowest BCUT2D eigenvalue weighted by molar-refractivity contribution is 0.0920. The molecule has 0 bridgehead atoms. The van der Waals surface area contributed by atoms with Crippen molar-refractivity contribution in [1.82, 2.24) is 10.3 Å². The Morgan fingerprint density at radius 1 is 1.47 bits per heavy atom. The van der Waals surface area contributed by atoms with Crippen LogP contribution in [0.15, 0.2) is 12.3 Å². The van der Waals surface area contributed by atoms with Crippen molar-refractivity contribution >= 4 is 23.2 Å². The number of anilines is 1. The third-order valence-electron chi connectivity index (χ3n) is 3.86. The van der Waals surface area contributed by atoms with E-state index in [0.717, 1.165) is 0 Å². The first-order valence-electron chi connectivity index (χ1n) is 6.80. The van der Waals surface area contributed by atoms with Gasteiger partial charge in [0.05, 0.1) is 17.4 Å². The second-order valence-corrected chi connectivity index (χ2v) is 5.64. The second-order valence-electron chi connectivity index (χ2n) is 5.25. The maximum absolute atomic E-state index is 12.2. The van der Waals surface area contributed by atoms with E-state index in [0.29, 0.717) is 17.2 Å². The predicted octanol–water partition coefficient (Wildman–Crippen LogP) is 3.02. The Morgan fingerprint density at radius 3 is 2.84 bits per heavy atom. The highest BCUT2D eigenvalue weighted by Crippen LogP contribution is 2.26. The largest absolute Gasteiger partial charge is 0.397 e. The van der Waals surface area contributed by atoms with Crippen LogP contribution in [-0.2, 0) is 0 Å². The average molecular weight is 282 g/mol. The molecule has 1 unspecified atom stereocenters. The van der Waals surface area contributed by atoms with Crippen LogP contribution >= 0.6 is 11.6 Å². The second kappa shape index (κ2) is 6.24. The van der Waals surface area contributed by atoms with Gasteiger partial charge in [-0.2, -0.15) is 0 Å². The minimum atomic E-state index is -0.167. The lowest BCUT2D eigenvalue weighted by atomic mass is 9.84. The van der Waals surface area contributed by atoms with Crippen molar-refractivity contribution in [3.05, 3.63) is 23.0 Å². The summed E-state index contributed by atoms with van der Waals surface area (Å²) < 4.78 is 0. The molecule has 4 nitrogen and oxygen atoms in total. The number of nitrogen functional groups attached to an aromatic ring is 1. The van der Waals surface area contributed by atoms with Crippen molar-refractivity contribution in [2.45, 2.75) is 45.1 Å². The molecule has 0 aliphatic heterocycles. The highest BCUT2D eigenvalue weighted by molar-refractivity contribution is 6.29. The summed E-state index contributed by atoms with van der Waals surface area (Å²) in [4.78, 5) is 16.0. The molecule has 3 N–H and O–H groups in total. The fourth-order valence-electron chi connectivity index (χ4n) is 2.67. The van der Waals surface area contributed by atoms with Crippen LogP contribution in [0.3, 0.4) is 0 Å². The summed E-state index contributed by atoms with van der Waals surface area (Å²) >= 11 is 5.80. The number of rotatable bonds is 3. The van der Waals surface area contributed by atoms with Gasteiger partial charge in [0, 0.05) is 6.04 Å². The summed E-state index contributed by atoms with van der Waals surface area (Å²) in [6.07, 6.45) is 7.62. The molecule has 1 atom stereocenters. The van der Waals surface area contributed by atoms with Gasteiger partial charge in [-0.25, -0.2) is 4.98 Å². The SMILES string of the molecule is CC(NC(=O)c1cc(Cl)ncc1N)C1CCCCC1. The monoisotopic (exact) mass is 281 g/mol. The third kappa shape index (κ3) is 3.60. The van der Waals surface area contributed by atoms with E-state index in [1.807, 2.05) is 0 Å². The quantitative estimate of drug-likeness (QED) is 0.837. The molecule has 19 heavy (non-hydrogen) atoms. The molecule has 0 aromatic carbocycles. The van der Waals surface area contributed by atoms with Gasteiger partial charge in [0.1, 0.15) is 5.15 Å². The number of hydrogen-bond donors (Lipinski definition) is 2. The molecule has 0 saturated heterocycles. The van der Waals surface area contributed by atoms with E-state index in [4.69, 9.17) is 17.3 Å². The number of halogens is 1. The van der Waals surface area contributed by atoms with Crippen LogP contribution in [0.4, 0.5) is 5.69 Å². The number of aromatic nitrogens is 1. The van der Waals surface area contributed by atoms with Gasteiger partial charge in [0.2, 0.25) is 0 Å². The van der Waals surface area contributed by atoms with Gasteiger partial charge in [-0.3, -0.25) is 4.79 Å². The van der Waals surface area contributed by atoms with Crippen molar-refractivity contribution < 1.29 is 4.79 Å². The topological polar surface area (TPSA) is 68.0 Å². The minimum absolute atomic E-state index is 0.166. The molecule has 1 amide bonds. The zero-order valence-corrected chi connectivity index (χ0v) is 11.9. The van der Waals surface area contributed by atoms with E-state index in [-0.39, 0.29) is 17.1 Å². The van der Waals surface area contributed by atoms with Crippen molar-refractivity contribution in [1.29, 1.82) is 0 Å². The van der Waals surface area contributed by atoms with Crippen LogP contribution in [0.5, 0.6) is 0 Å². The average Bonchev–Trinajstić information content (AvgIpc) is 2.42. The van der Waals surface area contributed by atoms with E-state index in [1.54, 1.807) is 0 Å². The van der Waals surface area contributed by atoms with Gasteiger partial charge in [-0.05, 0) is 31.7 Å². The summed E-state index contributed by atoms with van der Waals surface area (Å²) in [5.74, 6) is 0.399. The summed E-state index contributed by atoms with van der Waals surface area (Å²) in [6, 6.07) is 1.68. The molecule has 1 aromatic rings. The first-order chi connectivity index (χ1) is 9.08. The van der Waals surface area contributed by atoms with E-state index < -0.39 is 0 Å². The number of carbonyl (C=O) groups excluding carboxylic acids is 1. The normalized spacial score (nSPS) is 18.0. The number of hydrogen-bond acceptors (Lipinski definition) is 3. The van der Waals surface area contributed by atoms with Crippen molar-refractivity contribution in [3.8, 4) is 0 Å². The zero-order valence-electron chi connectivity index (χ0n) is 11.2. The smallest absolute Gasteiger partial charge is 0.253 e. The Morgan fingerprint density at radius 2 is 2.16 bits per heavy atom. The van der Waals surface area contributed by atoms with Crippen LogP contribution in [0.2, 0.25) is 5.15 Å². The Labute approximate surface area is 118 Å². The summed E-state index contributed by atoms with van der Waals surface area (Å²) in [5.41, 5.74) is 6.53. The molecule has 1 saturated carbocycles. The third-order valence-corrected chi connectivity index (χ3v) is 4.07. The number of pyridine rings is 1. The van der Waals surface area contributed by atoms with Crippen molar-refractivity contribution in [2.24, 2.45) is 5.92 Å². The maximum atomic E-state index is 12.2. The molecular formula is C14H20ClN3O. The molecule has 2 rings (SSSR count). The number of carbonyl (C=O) groups is 1. The van der Waals surface area contributed by atoms with Gasteiger partial charge >= 0.3 is 0 Å². The fraction of sp³-hybridized carbons (Fsp3) is 0.571. The van der Waals surface area contributed by atoms with Crippen LogP contribution in [0.25, 0.3) is 0 Å². The molecule has 1 aliphatic rings. The zero-order chi connectivity index (χ0) is 13.8. The van der Waals surface area contributed by atoms with E-state index >= 15 is 0 Å². The van der Waals surface area contributed by atoms with Crippen LogP contribution in [0, 0.1) is 5.92 Å². The fourth-order valence-corrected chi connectivity index (χ4v) is 2.83.